The van der Waals surface area contributed by atoms with Gasteiger partial charge in [0, 0.05) is 64.0 Å². The number of nitrogens with one attached hydrogen (secondary N) is 3. The first-order valence-corrected chi connectivity index (χ1v) is 12.0. The highest BCUT2D eigenvalue weighted by Gasteiger charge is 2.28. The Hall–Kier alpha value is -1.55. The molecule has 7 nitrogen and oxygen atoms in total. The highest BCUT2D eigenvalue weighted by Crippen LogP contribution is 2.28. The van der Waals surface area contributed by atoms with E-state index in [1.807, 2.05) is 0 Å². The standard InChI is InChI=1S/C24H40N6O.HI/c1-3-25-24(28-13-12-26-23(31)21-9-10-21)27-11-4-5-14-29-15-17-30(18-16-29)22-8-6-7-20(2)19-22;/h6-8,19,21H,3-5,9-18H2,1-2H3,(H,26,31)(H2,25,27,28);1H. The summed E-state index contributed by atoms with van der Waals surface area (Å²) in [4.78, 5) is 21.4. The average Bonchev–Trinajstić information content (AvgIpc) is 3.62. The number of unbranched alkanes of at least 4 members (excludes halogenated alkanes) is 1. The van der Waals surface area contributed by atoms with E-state index in [1.165, 1.54) is 17.7 Å². The molecule has 3 rings (SSSR count). The second-order valence-corrected chi connectivity index (χ2v) is 8.63. The van der Waals surface area contributed by atoms with Gasteiger partial charge in [-0.05, 0) is 63.8 Å². The van der Waals surface area contributed by atoms with Crippen molar-refractivity contribution in [3.8, 4) is 0 Å². The molecule has 1 aliphatic heterocycles. The first kappa shape index (κ1) is 26.7. The monoisotopic (exact) mass is 556 g/mol. The fourth-order valence-corrected chi connectivity index (χ4v) is 3.89. The number of halogens is 1. The van der Waals surface area contributed by atoms with Crippen LogP contribution in [0.4, 0.5) is 5.69 Å². The molecule has 1 aliphatic carbocycles. The molecular weight excluding hydrogens is 515 g/mol. The van der Waals surface area contributed by atoms with Crippen LogP contribution in [0.5, 0.6) is 0 Å². The zero-order valence-corrected chi connectivity index (χ0v) is 22.1. The van der Waals surface area contributed by atoms with Crippen LogP contribution in [0, 0.1) is 12.8 Å². The number of aryl methyl sites for hydroxylation is 1. The molecule has 0 unspecified atom stereocenters. The minimum Gasteiger partial charge on any atom is -0.369 e. The van der Waals surface area contributed by atoms with E-state index in [1.54, 1.807) is 0 Å². The molecule has 1 saturated heterocycles. The summed E-state index contributed by atoms with van der Waals surface area (Å²) in [5.74, 6) is 1.31. The Kier molecular flexibility index (Phi) is 12.2. The Labute approximate surface area is 210 Å². The SMILES string of the molecule is CCNC(=NCCCCN1CCN(c2cccc(C)c2)CC1)NCCNC(=O)C1CC1.I. The molecule has 2 fully saturated rings. The maximum absolute atomic E-state index is 11.7. The van der Waals surface area contributed by atoms with Gasteiger partial charge in [-0.3, -0.25) is 14.7 Å². The minimum absolute atomic E-state index is 0. The van der Waals surface area contributed by atoms with Gasteiger partial charge in [0.05, 0.1) is 0 Å². The van der Waals surface area contributed by atoms with Crippen molar-refractivity contribution in [1.82, 2.24) is 20.9 Å². The van der Waals surface area contributed by atoms with Crippen LogP contribution in [0.1, 0.15) is 38.2 Å². The highest BCUT2D eigenvalue weighted by atomic mass is 127. The van der Waals surface area contributed by atoms with Gasteiger partial charge in [0.2, 0.25) is 5.91 Å². The lowest BCUT2D eigenvalue weighted by atomic mass is 10.2. The number of amides is 1. The number of benzene rings is 1. The van der Waals surface area contributed by atoms with Gasteiger partial charge in [-0.1, -0.05) is 12.1 Å². The third-order valence-corrected chi connectivity index (χ3v) is 5.90. The summed E-state index contributed by atoms with van der Waals surface area (Å²) in [5.41, 5.74) is 2.68. The molecule has 0 bridgehead atoms. The summed E-state index contributed by atoms with van der Waals surface area (Å²) < 4.78 is 0. The lowest BCUT2D eigenvalue weighted by Gasteiger charge is -2.36. The fourth-order valence-electron chi connectivity index (χ4n) is 3.89. The lowest BCUT2D eigenvalue weighted by Crippen LogP contribution is -2.46. The van der Waals surface area contributed by atoms with Crippen LogP contribution < -0.4 is 20.9 Å². The van der Waals surface area contributed by atoms with Crippen molar-refractivity contribution in [3.63, 3.8) is 0 Å². The lowest BCUT2D eigenvalue weighted by molar-refractivity contribution is -0.122. The first-order chi connectivity index (χ1) is 15.2. The van der Waals surface area contributed by atoms with E-state index in [2.05, 4.69) is 68.9 Å². The molecule has 0 radical (unpaired) electrons. The molecule has 1 saturated carbocycles. The Morgan fingerprint density at radius 1 is 1.06 bits per heavy atom. The van der Waals surface area contributed by atoms with Gasteiger partial charge < -0.3 is 20.9 Å². The average molecular weight is 557 g/mol. The van der Waals surface area contributed by atoms with Crippen molar-refractivity contribution in [2.75, 3.05) is 63.8 Å². The number of carbonyl (C=O) groups is 1. The first-order valence-electron chi connectivity index (χ1n) is 12.0. The third kappa shape index (κ3) is 9.52. The number of carbonyl (C=O) groups excluding carboxylic acids is 1. The van der Waals surface area contributed by atoms with Crippen molar-refractivity contribution in [3.05, 3.63) is 29.8 Å². The van der Waals surface area contributed by atoms with Crippen LogP contribution in [0.3, 0.4) is 0 Å². The van der Waals surface area contributed by atoms with Crippen LogP contribution in [-0.2, 0) is 4.79 Å². The number of nitrogens with zero attached hydrogens (tertiary/aromatic N) is 3. The Bertz CT molecular complexity index is 716. The second kappa shape index (κ2) is 14.6. The van der Waals surface area contributed by atoms with Crippen molar-refractivity contribution < 1.29 is 4.79 Å². The van der Waals surface area contributed by atoms with Gasteiger partial charge in [0.25, 0.3) is 0 Å². The van der Waals surface area contributed by atoms with E-state index in [0.717, 1.165) is 71.0 Å². The summed E-state index contributed by atoms with van der Waals surface area (Å²) in [7, 11) is 0. The van der Waals surface area contributed by atoms with Crippen LogP contribution >= 0.6 is 24.0 Å². The number of aliphatic imine (C=N–C) groups is 1. The summed E-state index contributed by atoms with van der Waals surface area (Å²) in [6.45, 7) is 12.9. The minimum atomic E-state index is 0. The van der Waals surface area contributed by atoms with E-state index in [9.17, 15) is 4.79 Å². The third-order valence-electron chi connectivity index (χ3n) is 5.90. The Balaban J connectivity index is 0.00000363. The van der Waals surface area contributed by atoms with Gasteiger partial charge in [0.1, 0.15) is 0 Å². The predicted octanol–water partition coefficient (Wildman–Crippen LogP) is 2.60. The molecule has 1 aromatic rings. The topological polar surface area (TPSA) is 72.0 Å². The zero-order valence-electron chi connectivity index (χ0n) is 19.7. The summed E-state index contributed by atoms with van der Waals surface area (Å²) in [6.07, 6.45) is 4.36. The Morgan fingerprint density at radius 3 is 2.50 bits per heavy atom. The molecule has 1 heterocycles. The van der Waals surface area contributed by atoms with Crippen LogP contribution in [-0.4, -0.2) is 75.7 Å². The second-order valence-electron chi connectivity index (χ2n) is 8.63. The maximum atomic E-state index is 11.7. The molecule has 0 atom stereocenters. The van der Waals surface area contributed by atoms with E-state index < -0.39 is 0 Å². The molecule has 2 aliphatic rings. The molecule has 180 valence electrons. The number of anilines is 1. The summed E-state index contributed by atoms with van der Waals surface area (Å²) >= 11 is 0. The van der Waals surface area contributed by atoms with Gasteiger partial charge in [-0.2, -0.15) is 0 Å². The molecule has 0 spiro atoms. The molecule has 32 heavy (non-hydrogen) atoms. The van der Waals surface area contributed by atoms with Crippen LogP contribution in [0.2, 0.25) is 0 Å². The van der Waals surface area contributed by atoms with E-state index in [4.69, 9.17) is 0 Å². The number of guanidine groups is 1. The molecule has 1 aromatic carbocycles. The van der Waals surface area contributed by atoms with Crippen molar-refractivity contribution >= 4 is 41.5 Å². The summed E-state index contributed by atoms with van der Waals surface area (Å²) in [5, 5.41) is 9.57. The van der Waals surface area contributed by atoms with Gasteiger partial charge >= 0.3 is 0 Å². The van der Waals surface area contributed by atoms with Gasteiger partial charge in [0.15, 0.2) is 5.96 Å². The van der Waals surface area contributed by atoms with Crippen LogP contribution in [0.25, 0.3) is 0 Å². The molecular formula is C24H41IN6O. The van der Waals surface area contributed by atoms with E-state index >= 15 is 0 Å². The summed E-state index contributed by atoms with van der Waals surface area (Å²) in [6, 6.07) is 8.81. The maximum Gasteiger partial charge on any atom is 0.223 e. The number of hydrogen-bond acceptors (Lipinski definition) is 4. The number of piperazine rings is 1. The highest BCUT2D eigenvalue weighted by molar-refractivity contribution is 14.0. The van der Waals surface area contributed by atoms with Gasteiger partial charge in [-0.25, -0.2) is 0 Å². The normalized spacial score (nSPS) is 16.9. The molecule has 0 aromatic heterocycles. The van der Waals surface area contributed by atoms with Crippen molar-refractivity contribution in [2.45, 2.75) is 39.5 Å². The predicted molar refractivity (Wildman–Crippen MR) is 144 cm³/mol. The van der Waals surface area contributed by atoms with Crippen molar-refractivity contribution in [1.29, 1.82) is 0 Å². The molecule has 8 heteroatoms. The zero-order chi connectivity index (χ0) is 21.9. The quantitative estimate of drug-likeness (QED) is 0.169. The Morgan fingerprint density at radius 2 is 1.81 bits per heavy atom. The largest absolute Gasteiger partial charge is 0.369 e. The fraction of sp³-hybridized carbons (Fsp3) is 0.667. The molecule has 3 N–H and O–H groups in total. The van der Waals surface area contributed by atoms with Crippen molar-refractivity contribution in [2.24, 2.45) is 10.9 Å². The van der Waals surface area contributed by atoms with Gasteiger partial charge in [-0.15, -0.1) is 24.0 Å². The van der Waals surface area contributed by atoms with E-state index in [0.29, 0.717) is 13.1 Å². The van der Waals surface area contributed by atoms with E-state index in [-0.39, 0.29) is 35.8 Å². The smallest absolute Gasteiger partial charge is 0.223 e. The number of rotatable bonds is 11. The molecule has 1 amide bonds. The van der Waals surface area contributed by atoms with Crippen LogP contribution in [0.15, 0.2) is 29.3 Å². The number of hydrogen-bond donors (Lipinski definition) is 3.